The first kappa shape index (κ1) is 19.4. The van der Waals surface area contributed by atoms with Gasteiger partial charge in [0.25, 0.3) is 5.91 Å². The standard InChI is InChI=1S/C23H21N3O4/c27-22(26-21-12-6-7-13-24-21)17(14-16-8-2-1-3-9-16)25-23(28)20-15-29-18-10-4-5-11-19(18)30-20/h1-13,17,20H,14-15H2,(H,25,28)(H,24,26,27)/t17-,20+/m0/s1. The number of nitrogens with zero attached hydrogens (tertiary/aromatic N) is 1. The summed E-state index contributed by atoms with van der Waals surface area (Å²) in [4.78, 5) is 29.9. The molecule has 152 valence electrons. The van der Waals surface area contributed by atoms with Crippen LogP contribution in [0.4, 0.5) is 5.82 Å². The Morgan fingerprint density at radius 3 is 2.47 bits per heavy atom. The van der Waals surface area contributed by atoms with Crippen molar-refractivity contribution in [2.24, 2.45) is 0 Å². The molecule has 2 heterocycles. The summed E-state index contributed by atoms with van der Waals surface area (Å²) in [6.45, 7) is 0.0722. The zero-order valence-electron chi connectivity index (χ0n) is 16.2. The van der Waals surface area contributed by atoms with Crippen LogP contribution in [0, 0.1) is 0 Å². The molecule has 7 nitrogen and oxygen atoms in total. The third-order valence-corrected chi connectivity index (χ3v) is 4.63. The molecule has 0 saturated heterocycles. The van der Waals surface area contributed by atoms with Crippen LogP contribution in [0.5, 0.6) is 11.5 Å². The van der Waals surface area contributed by atoms with E-state index in [1.807, 2.05) is 36.4 Å². The molecule has 1 aliphatic rings. The number of benzene rings is 2. The third kappa shape index (κ3) is 4.75. The molecule has 3 aromatic rings. The number of hydrogen-bond acceptors (Lipinski definition) is 5. The predicted octanol–water partition coefficient (Wildman–Crippen LogP) is 2.59. The number of ether oxygens (including phenoxy) is 2. The van der Waals surface area contributed by atoms with Gasteiger partial charge in [0, 0.05) is 12.6 Å². The minimum absolute atomic E-state index is 0.0722. The van der Waals surface area contributed by atoms with Crippen molar-refractivity contribution < 1.29 is 19.1 Å². The van der Waals surface area contributed by atoms with Crippen molar-refractivity contribution in [3.05, 3.63) is 84.6 Å². The summed E-state index contributed by atoms with van der Waals surface area (Å²) in [5.41, 5.74) is 0.921. The number of fused-ring (bicyclic) bond motifs is 1. The number of carbonyl (C=O) groups is 2. The molecule has 2 atom stereocenters. The maximum Gasteiger partial charge on any atom is 0.265 e. The molecule has 0 bridgehead atoms. The molecule has 0 spiro atoms. The van der Waals surface area contributed by atoms with Crippen LogP contribution in [0.15, 0.2) is 79.0 Å². The summed E-state index contributed by atoms with van der Waals surface area (Å²) < 4.78 is 11.4. The van der Waals surface area contributed by atoms with E-state index >= 15 is 0 Å². The van der Waals surface area contributed by atoms with Gasteiger partial charge in [-0.05, 0) is 29.8 Å². The number of para-hydroxylation sites is 2. The smallest absolute Gasteiger partial charge is 0.265 e. The Bertz CT molecular complexity index is 1010. The van der Waals surface area contributed by atoms with Crippen molar-refractivity contribution in [3.8, 4) is 11.5 Å². The van der Waals surface area contributed by atoms with Crippen molar-refractivity contribution in [3.63, 3.8) is 0 Å². The van der Waals surface area contributed by atoms with Crippen LogP contribution < -0.4 is 20.1 Å². The molecule has 0 unspecified atom stereocenters. The average Bonchev–Trinajstić information content (AvgIpc) is 2.79. The average molecular weight is 403 g/mol. The van der Waals surface area contributed by atoms with Crippen LogP contribution in [0.2, 0.25) is 0 Å². The highest BCUT2D eigenvalue weighted by molar-refractivity contribution is 5.97. The lowest BCUT2D eigenvalue weighted by Gasteiger charge is -2.27. The van der Waals surface area contributed by atoms with Crippen molar-refractivity contribution >= 4 is 17.6 Å². The van der Waals surface area contributed by atoms with Gasteiger partial charge in [-0.25, -0.2) is 4.98 Å². The highest BCUT2D eigenvalue weighted by Gasteiger charge is 2.31. The van der Waals surface area contributed by atoms with Crippen LogP contribution in [-0.4, -0.2) is 35.6 Å². The molecule has 2 aromatic carbocycles. The summed E-state index contributed by atoms with van der Waals surface area (Å²) in [5, 5.41) is 5.55. The Labute approximate surface area is 174 Å². The predicted molar refractivity (Wildman–Crippen MR) is 111 cm³/mol. The van der Waals surface area contributed by atoms with Crippen LogP contribution in [0.3, 0.4) is 0 Å². The van der Waals surface area contributed by atoms with E-state index in [9.17, 15) is 9.59 Å². The van der Waals surface area contributed by atoms with Crippen molar-refractivity contribution in [2.45, 2.75) is 18.6 Å². The van der Waals surface area contributed by atoms with Gasteiger partial charge in [0.15, 0.2) is 11.5 Å². The molecule has 1 aliphatic heterocycles. The molecular formula is C23H21N3O4. The van der Waals surface area contributed by atoms with E-state index in [1.54, 1.807) is 42.6 Å². The minimum atomic E-state index is -0.846. The Hall–Kier alpha value is -3.87. The molecule has 2 N–H and O–H groups in total. The fourth-order valence-electron chi connectivity index (χ4n) is 3.12. The van der Waals surface area contributed by atoms with Gasteiger partial charge in [0.05, 0.1) is 0 Å². The monoisotopic (exact) mass is 403 g/mol. The topological polar surface area (TPSA) is 89.6 Å². The van der Waals surface area contributed by atoms with E-state index in [2.05, 4.69) is 15.6 Å². The van der Waals surface area contributed by atoms with E-state index < -0.39 is 18.1 Å². The second kappa shape index (κ2) is 9.09. The molecule has 0 radical (unpaired) electrons. The summed E-state index contributed by atoms with van der Waals surface area (Å²) in [6.07, 6.45) is 1.07. The van der Waals surface area contributed by atoms with E-state index in [0.717, 1.165) is 5.56 Å². The van der Waals surface area contributed by atoms with Crippen molar-refractivity contribution in [2.75, 3.05) is 11.9 Å². The highest BCUT2D eigenvalue weighted by atomic mass is 16.6. The quantitative estimate of drug-likeness (QED) is 0.660. The van der Waals surface area contributed by atoms with E-state index in [-0.39, 0.29) is 12.5 Å². The third-order valence-electron chi connectivity index (χ3n) is 4.63. The lowest BCUT2D eigenvalue weighted by atomic mass is 10.0. The van der Waals surface area contributed by atoms with Gasteiger partial charge in [-0.15, -0.1) is 0 Å². The maximum atomic E-state index is 12.9. The SMILES string of the molecule is O=C(Nc1ccccn1)[C@H](Cc1ccccc1)NC(=O)[C@H]1COc2ccccc2O1. The zero-order chi connectivity index (χ0) is 20.8. The number of anilines is 1. The van der Waals surface area contributed by atoms with Gasteiger partial charge in [-0.3, -0.25) is 9.59 Å². The van der Waals surface area contributed by atoms with Gasteiger partial charge in [-0.2, -0.15) is 0 Å². The number of aromatic nitrogens is 1. The van der Waals surface area contributed by atoms with Crippen LogP contribution in [-0.2, 0) is 16.0 Å². The van der Waals surface area contributed by atoms with Crippen LogP contribution >= 0.6 is 0 Å². The molecular weight excluding hydrogens is 382 g/mol. The van der Waals surface area contributed by atoms with Gasteiger partial charge >= 0.3 is 0 Å². The molecule has 0 saturated carbocycles. The van der Waals surface area contributed by atoms with Gasteiger partial charge < -0.3 is 20.1 Å². The lowest BCUT2D eigenvalue weighted by Crippen LogP contribution is -2.52. The maximum absolute atomic E-state index is 12.9. The van der Waals surface area contributed by atoms with E-state index in [4.69, 9.17) is 9.47 Å². The summed E-state index contributed by atoms with van der Waals surface area (Å²) in [7, 11) is 0. The molecule has 1 aromatic heterocycles. The molecule has 0 aliphatic carbocycles. The molecule has 2 amide bonds. The Morgan fingerprint density at radius 2 is 1.70 bits per heavy atom. The minimum Gasteiger partial charge on any atom is -0.485 e. The summed E-state index contributed by atoms with van der Waals surface area (Å²) in [5.74, 6) is 0.738. The van der Waals surface area contributed by atoms with Crippen molar-refractivity contribution in [1.82, 2.24) is 10.3 Å². The van der Waals surface area contributed by atoms with Crippen molar-refractivity contribution in [1.29, 1.82) is 0 Å². The molecule has 0 fully saturated rings. The first-order valence-corrected chi connectivity index (χ1v) is 9.64. The van der Waals surface area contributed by atoms with E-state index in [1.165, 1.54) is 0 Å². The first-order chi connectivity index (χ1) is 14.7. The van der Waals surface area contributed by atoms with Gasteiger partial charge in [0.1, 0.15) is 18.5 Å². The number of carbonyl (C=O) groups excluding carboxylic acids is 2. The van der Waals surface area contributed by atoms with E-state index in [0.29, 0.717) is 23.7 Å². The lowest BCUT2D eigenvalue weighted by molar-refractivity contribution is -0.133. The fourth-order valence-corrected chi connectivity index (χ4v) is 3.12. The number of amides is 2. The second-order valence-corrected chi connectivity index (χ2v) is 6.82. The largest absolute Gasteiger partial charge is 0.485 e. The molecule has 30 heavy (non-hydrogen) atoms. The van der Waals surface area contributed by atoms with Crippen LogP contribution in [0.25, 0.3) is 0 Å². The Kier molecular flexibility index (Phi) is 5.89. The van der Waals surface area contributed by atoms with Gasteiger partial charge in [-0.1, -0.05) is 48.5 Å². The summed E-state index contributed by atoms with van der Waals surface area (Å²) in [6, 6.07) is 21.1. The summed E-state index contributed by atoms with van der Waals surface area (Å²) >= 11 is 0. The Balaban J connectivity index is 1.47. The fraction of sp³-hybridized carbons (Fsp3) is 0.174. The zero-order valence-corrected chi connectivity index (χ0v) is 16.2. The normalized spacial score (nSPS) is 15.7. The first-order valence-electron chi connectivity index (χ1n) is 9.64. The number of hydrogen-bond donors (Lipinski definition) is 2. The number of pyridine rings is 1. The molecule has 7 heteroatoms. The highest BCUT2D eigenvalue weighted by Crippen LogP contribution is 2.30. The number of nitrogens with one attached hydrogen (secondary N) is 2. The van der Waals surface area contributed by atoms with Gasteiger partial charge in [0.2, 0.25) is 12.0 Å². The molecule has 4 rings (SSSR count). The van der Waals surface area contributed by atoms with Crippen LogP contribution in [0.1, 0.15) is 5.56 Å². The number of rotatable bonds is 6. The Morgan fingerprint density at radius 1 is 0.967 bits per heavy atom. The second-order valence-electron chi connectivity index (χ2n) is 6.82.